The molecule has 0 atom stereocenters. The van der Waals surface area contributed by atoms with Crippen molar-refractivity contribution >= 4 is 49.6 Å². The summed E-state index contributed by atoms with van der Waals surface area (Å²) in [6, 6.07) is 0. The van der Waals surface area contributed by atoms with Gasteiger partial charge in [-0.1, -0.05) is 0 Å². The molecular weight excluding hydrogens is 352 g/mol. The van der Waals surface area contributed by atoms with E-state index in [9.17, 15) is 0 Å². The van der Waals surface area contributed by atoms with E-state index in [2.05, 4.69) is 17.5 Å². The maximum Gasteiger partial charge on any atom is -0.0287 e. The van der Waals surface area contributed by atoms with E-state index in [4.69, 9.17) is 28.8 Å². The molecule has 0 bridgehead atoms. The molecule has 0 fully saturated rings. The van der Waals surface area contributed by atoms with Gasteiger partial charge in [-0.05, 0) is 32.1 Å². The van der Waals surface area contributed by atoms with E-state index in [0.717, 1.165) is 54.2 Å². The van der Waals surface area contributed by atoms with E-state index < -0.39 is 0 Å². The maximum atomic E-state index is 8.22. The SMILES string of the molecule is CN(C)CC[S-].[O]=[Tc+3].[S-]CCSCC[S-]. The molecule has 0 aromatic heterocycles. The Hall–Kier alpha value is 1.81. The summed E-state index contributed by atoms with van der Waals surface area (Å²) in [5.74, 6) is 4.74. The van der Waals surface area contributed by atoms with Gasteiger partial charge in [-0.2, -0.15) is 29.0 Å². The van der Waals surface area contributed by atoms with Gasteiger partial charge >= 0.3 is 22.4 Å². The third kappa shape index (κ3) is 38.8. The topological polar surface area (TPSA) is 20.3 Å². The Bertz CT molecular complexity index is 96.7. The average Bonchev–Trinajstić information content (AvgIpc) is 2.22. The molecule has 7 heteroatoms. The van der Waals surface area contributed by atoms with Crippen molar-refractivity contribution in [2.75, 3.05) is 49.4 Å². The fraction of sp³-hybridized carbons (Fsp3) is 1.00. The van der Waals surface area contributed by atoms with Gasteiger partial charge in [-0.3, -0.25) is 0 Å². The number of hydrogen-bond donors (Lipinski definition) is 0. The molecule has 0 aromatic rings. The zero-order valence-corrected chi connectivity index (χ0v) is 14.2. The predicted octanol–water partition coefficient (Wildman–Crippen LogP) is 0.787. The van der Waals surface area contributed by atoms with Crippen LogP contribution in [0.4, 0.5) is 0 Å². The summed E-state index contributed by atoms with van der Waals surface area (Å²) in [5.41, 5.74) is 0. The Labute approximate surface area is 125 Å². The van der Waals surface area contributed by atoms with E-state index in [0.29, 0.717) is 0 Å². The minimum atomic E-state index is 0.840. The summed E-state index contributed by atoms with van der Waals surface area (Å²) in [7, 11) is 4.04. The molecule has 0 spiro atoms. The molecule has 0 saturated carbocycles. The van der Waals surface area contributed by atoms with E-state index >= 15 is 0 Å². The molecule has 15 heavy (non-hydrogen) atoms. The second-order valence-electron chi connectivity index (χ2n) is 2.53. The number of nitrogens with zero attached hydrogens (tertiary/aromatic N) is 1. The molecule has 0 amide bonds. The summed E-state index contributed by atoms with van der Waals surface area (Å²) >= 11 is 16.9. The molecule has 0 saturated heterocycles. The Balaban J connectivity index is -0.000000166. The number of rotatable bonds is 6. The summed E-state index contributed by atoms with van der Waals surface area (Å²) in [6.45, 7) is 1.02. The van der Waals surface area contributed by atoms with Crippen molar-refractivity contribution < 1.29 is 22.4 Å². The van der Waals surface area contributed by atoms with Crippen LogP contribution in [-0.2, 0) is 60.2 Å². The van der Waals surface area contributed by atoms with Crippen LogP contribution in [-0.4, -0.2) is 54.3 Å². The molecule has 0 aliphatic carbocycles. The summed E-state index contributed by atoms with van der Waals surface area (Å²) in [4.78, 5) is 2.08. The monoisotopic (exact) mass is 369 g/mol. The molecule has 0 aliphatic rings. The van der Waals surface area contributed by atoms with Gasteiger partial charge in [0.15, 0.2) is 0 Å². The Morgan fingerprint density at radius 2 is 1.40 bits per heavy atom. The van der Waals surface area contributed by atoms with Crippen molar-refractivity contribution in [3.05, 3.63) is 0 Å². The first-order chi connectivity index (χ1) is 7.18. The van der Waals surface area contributed by atoms with Crippen LogP contribution < -0.4 is 0 Å². The van der Waals surface area contributed by atoms with Crippen LogP contribution in [0.25, 0.3) is 0 Å². The molecule has 92 valence electrons. The maximum absolute atomic E-state index is 8.22. The first kappa shape index (κ1) is 22.0. The molecule has 0 aliphatic heterocycles. The summed E-state index contributed by atoms with van der Waals surface area (Å²) in [6.07, 6.45) is 0. The minimum Gasteiger partial charge on any atom is -0.792 e. The number of thioether (sulfide) groups is 1. The van der Waals surface area contributed by atoms with Crippen molar-refractivity contribution in [1.29, 1.82) is 0 Å². The van der Waals surface area contributed by atoms with Gasteiger partial charge in [-0.15, -0.1) is 0 Å². The molecule has 0 N–H and O–H groups in total. The second kappa shape index (κ2) is 24.9. The van der Waals surface area contributed by atoms with Gasteiger partial charge in [0.2, 0.25) is 0 Å². The van der Waals surface area contributed by atoms with Gasteiger partial charge in [0, 0.05) is 0 Å². The van der Waals surface area contributed by atoms with Crippen LogP contribution in [0.5, 0.6) is 0 Å². The Morgan fingerprint density at radius 1 is 1.00 bits per heavy atom. The van der Waals surface area contributed by atoms with Crippen LogP contribution in [0.1, 0.15) is 0 Å². The summed E-state index contributed by atoms with van der Waals surface area (Å²) < 4.78 is 8.22. The molecular formula is C8H18NOS4Tc. The van der Waals surface area contributed by atoms with Crippen LogP contribution in [0.15, 0.2) is 0 Å². The van der Waals surface area contributed by atoms with Gasteiger partial charge in [0.25, 0.3) is 0 Å². The second-order valence-corrected chi connectivity index (χ2v) is 4.98. The van der Waals surface area contributed by atoms with Crippen molar-refractivity contribution in [3.8, 4) is 0 Å². The largest absolute Gasteiger partial charge is 0.792 e. The van der Waals surface area contributed by atoms with E-state index in [-0.39, 0.29) is 0 Å². The molecule has 0 unspecified atom stereocenters. The zero-order chi connectivity index (χ0) is 12.5. The molecule has 0 rings (SSSR count). The first-order valence-electron chi connectivity index (χ1n) is 4.31. The fourth-order valence-corrected chi connectivity index (χ4v) is 1.91. The third-order valence-electron chi connectivity index (χ3n) is 0.994. The van der Waals surface area contributed by atoms with Gasteiger partial charge in [0.05, 0.1) is 0 Å². The van der Waals surface area contributed by atoms with Gasteiger partial charge < -0.3 is 42.8 Å². The van der Waals surface area contributed by atoms with Crippen LogP contribution in [0, 0.1) is 0 Å². The van der Waals surface area contributed by atoms with Crippen molar-refractivity contribution in [3.63, 3.8) is 0 Å². The van der Waals surface area contributed by atoms with Crippen LogP contribution >= 0.6 is 11.8 Å². The van der Waals surface area contributed by atoms with Gasteiger partial charge in [0.1, 0.15) is 0 Å². The smallest absolute Gasteiger partial charge is 0.0287 e. The van der Waals surface area contributed by atoms with Gasteiger partial charge in [-0.25, -0.2) is 0 Å². The molecule has 2 nitrogen and oxygen atoms in total. The minimum absolute atomic E-state index is 0.840. The van der Waals surface area contributed by atoms with Crippen LogP contribution in [0.2, 0.25) is 0 Å². The fourth-order valence-electron chi connectivity index (χ4n) is 0.402. The predicted molar refractivity (Wildman–Crippen MR) is 73.3 cm³/mol. The van der Waals surface area contributed by atoms with E-state index in [1.807, 2.05) is 25.9 Å². The molecule has 0 aromatic carbocycles. The zero-order valence-electron chi connectivity index (χ0n) is 9.11. The first-order valence-corrected chi connectivity index (χ1v) is 7.95. The number of hydrogen-bond acceptors (Lipinski definition) is 6. The Kier molecular flexibility index (Phi) is 36.5. The van der Waals surface area contributed by atoms with Crippen LogP contribution in [0.3, 0.4) is 0 Å². The third-order valence-corrected chi connectivity index (χ3v) is 3.09. The molecule has 0 radical (unpaired) electrons. The summed E-state index contributed by atoms with van der Waals surface area (Å²) in [5, 5.41) is 0. The van der Waals surface area contributed by atoms with Crippen molar-refractivity contribution in [2.45, 2.75) is 0 Å². The normalized spacial score (nSPS) is 8.60. The average molecular weight is 371 g/mol. The molecule has 0 heterocycles. The van der Waals surface area contributed by atoms with E-state index in [1.54, 1.807) is 0 Å². The Morgan fingerprint density at radius 3 is 1.53 bits per heavy atom. The van der Waals surface area contributed by atoms with Crippen molar-refractivity contribution in [1.82, 2.24) is 4.90 Å². The standard InChI is InChI=1S/C4H11NS.C4H10S3.O.Tc/c1-5(2)3-4-6;5-1-3-7-4-2-6;;/h6H,3-4H2,1-2H3;5-6H,1-4H2;;/q;;;+3/p-3. The van der Waals surface area contributed by atoms with Crippen molar-refractivity contribution in [2.24, 2.45) is 0 Å². The quantitative estimate of drug-likeness (QED) is 0.505. The van der Waals surface area contributed by atoms with E-state index in [1.165, 1.54) is 0 Å².